The van der Waals surface area contributed by atoms with E-state index in [4.69, 9.17) is 4.74 Å². The SMILES string of the molecule is C=C=C(C)[C@]1(O)[C@H](N2C=CC(=O)NC2O)O[C@](F)(CI)[C@H]1O. The Morgan fingerprint density at radius 1 is 1.68 bits per heavy atom. The Labute approximate surface area is 139 Å². The number of aliphatic hydroxyl groups is 3. The number of hydrogen-bond donors (Lipinski definition) is 4. The largest absolute Gasteiger partial charge is 0.384 e. The third kappa shape index (κ3) is 2.47. The van der Waals surface area contributed by atoms with Gasteiger partial charge in [0.25, 0.3) is 0 Å². The molecule has 0 spiro atoms. The molecule has 0 aromatic rings. The molecule has 4 N–H and O–H groups in total. The Morgan fingerprint density at radius 2 is 2.32 bits per heavy atom. The molecule has 0 aromatic heterocycles. The van der Waals surface area contributed by atoms with Crippen LogP contribution in [0.2, 0.25) is 0 Å². The summed E-state index contributed by atoms with van der Waals surface area (Å²) in [5, 5.41) is 33.2. The van der Waals surface area contributed by atoms with E-state index in [1.165, 1.54) is 6.92 Å². The Hall–Kier alpha value is -0.970. The van der Waals surface area contributed by atoms with Crippen LogP contribution in [0.3, 0.4) is 0 Å². The second-order valence-electron chi connectivity index (χ2n) is 5.06. The average Bonchev–Trinajstić information content (AvgIpc) is 2.69. The lowest BCUT2D eigenvalue weighted by molar-refractivity contribution is -0.203. The summed E-state index contributed by atoms with van der Waals surface area (Å²) in [7, 11) is 0. The molecule has 122 valence electrons. The molecule has 1 unspecified atom stereocenters. The molecule has 2 heterocycles. The van der Waals surface area contributed by atoms with E-state index in [9.17, 15) is 24.5 Å². The van der Waals surface area contributed by atoms with E-state index < -0.39 is 36.0 Å². The number of amides is 1. The number of nitrogens with one attached hydrogen (secondary N) is 1. The smallest absolute Gasteiger partial charge is 0.249 e. The molecule has 0 bridgehead atoms. The minimum Gasteiger partial charge on any atom is -0.384 e. The van der Waals surface area contributed by atoms with Gasteiger partial charge in [0.1, 0.15) is 0 Å². The molecule has 0 radical (unpaired) electrons. The number of aliphatic hydroxyl groups excluding tert-OH is 2. The van der Waals surface area contributed by atoms with Gasteiger partial charge in [-0.3, -0.25) is 4.79 Å². The molecule has 5 atom stereocenters. The first kappa shape index (κ1) is 17.4. The highest BCUT2D eigenvalue weighted by Crippen LogP contribution is 2.46. The predicted octanol–water partition coefficient (Wildman–Crippen LogP) is -0.512. The van der Waals surface area contributed by atoms with Gasteiger partial charge < -0.3 is 30.3 Å². The highest BCUT2D eigenvalue weighted by atomic mass is 127. The Balaban J connectivity index is 2.50. The van der Waals surface area contributed by atoms with Gasteiger partial charge in [0.05, 0.1) is 4.43 Å². The summed E-state index contributed by atoms with van der Waals surface area (Å²) < 4.78 is 19.7. The number of rotatable bonds is 3. The van der Waals surface area contributed by atoms with Gasteiger partial charge in [-0.1, -0.05) is 29.2 Å². The van der Waals surface area contributed by atoms with Crippen molar-refractivity contribution in [3.8, 4) is 0 Å². The van der Waals surface area contributed by atoms with E-state index in [1.54, 1.807) is 22.6 Å². The fourth-order valence-electron chi connectivity index (χ4n) is 2.42. The molecule has 1 saturated heterocycles. The molecular formula is C13H16FIN2O5. The van der Waals surface area contributed by atoms with Crippen molar-refractivity contribution in [3.63, 3.8) is 0 Å². The summed E-state index contributed by atoms with van der Waals surface area (Å²) in [6, 6.07) is 0. The van der Waals surface area contributed by atoms with Crippen LogP contribution in [0.1, 0.15) is 6.92 Å². The lowest BCUT2D eigenvalue weighted by Crippen LogP contribution is -2.61. The summed E-state index contributed by atoms with van der Waals surface area (Å²) in [6.07, 6.45) is -2.72. The minimum atomic E-state index is -2.53. The molecule has 7 nitrogen and oxygen atoms in total. The highest BCUT2D eigenvalue weighted by Gasteiger charge is 2.66. The van der Waals surface area contributed by atoms with E-state index in [1.807, 2.05) is 0 Å². The quantitative estimate of drug-likeness (QED) is 0.276. The van der Waals surface area contributed by atoms with Gasteiger partial charge in [0, 0.05) is 17.8 Å². The number of halogens is 2. The molecule has 22 heavy (non-hydrogen) atoms. The maximum Gasteiger partial charge on any atom is 0.249 e. The fraction of sp³-hybridized carbons (Fsp3) is 0.538. The Kier molecular flexibility index (Phi) is 4.67. The first-order valence-electron chi connectivity index (χ1n) is 6.35. The summed E-state index contributed by atoms with van der Waals surface area (Å²) in [5.41, 5.74) is 0.269. The maximum atomic E-state index is 14.7. The molecule has 2 rings (SSSR count). The zero-order valence-corrected chi connectivity index (χ0v) is 13.8. The van der Waals surface area contributed by atoms with E-state index in [2.05, 4.69) is 17.6 Å². The van der Waals surface area contributed by atoms with Crippen LogP contribution < -0.4 is 5.32 Å². The number of hydrogen-bond acceptors (Lipinski definition) is 6. The lowest BCUT2D eigenvalue weighted by atomic mass is 9.86. The molecular weight excluding hydrogens is 410 g/mol. The Bertz CT molecular complexity index is 567. The summed E-state index contributed by atoms with van der Waals surface area (Å²) in [4.78, 5) is 12.2. The van der Waals surface area contributed by atoms with Crippen LogP contribution in [0.4, 0.5) is 4.39 Å². The maximum absolute atomic E-state index is 14.7. The predicted molar refractivity (Wildman–Crippen MR) is 82.0 cm³/mol. The molecule has 2 aliphatic heterocycles. The minimum absolute atomic E-state index is 0.0480. The van der Waals surface area contributed by atoms with Crippen LogP contribution >= 0.6 is 22.6 Å². The van der Waals surface area contributed by atoms with Gasteiger partial charge in [-0.05, 0) is 6.92 Å². The second-order valence-corrected chi connectivity index (χ2v) is 5.83. The highest BCUT2D eigenvalue weighted by molar-refractivity contribution is 14.1. The standard InChI is InChI=1S/C13H16FIN2O5/c1-3-7(2)13(21)9(19)12(14,6-15)22-10(13)17-5-4-8(18)16-11(17)20/h4-5,9-11,19-21H,1,6H2,2H3,(H,16,18)/t9-,10-,11?,12-,13-/m1/s1. The topological polar surface area (TPSA) is 102 Å². The average molecular weight is 426 g/mol. The third-order valence-corrected chi connectivity index (χ3v) is 4.82. The van der Waals surface area contributed by atoms with E-state index in [-0.39, 0.29) is 10.0 Å². The van der Waals surface area contributed by atoms with Crippen molar-refractivity contribution in [2.24, 2.45) is 0 Å². The van der Waals surface area contributed by atoms with Crippen molar-refractivity contribution in [1.29, 1.82) is 0 Å². The number of carbonyl (C=O) groups is 1. The molecule has 0 aromatic carbocycles. The second kappa shape index (κ2) is 5.91. The number of nitrogens with zero attached hydrogens (tertiary/aromatic N) is 1. The van der Waals surface area contributed by atoms with Gasteiger partial charge in [0.2, 0.25) is 18.1 Å². The van der Waals surface area contributed by atoms with Crippen molar-refractivity contribution >= 4 is 28.5 Å². The van der Waals surface area contributed by atoms with Crippen LogP contribution in [0.5, 0.6) is 0 Å². The monoisotopic (exact) mass is 426 g/mol. The van der Waals surface area contributed by atoms with Crippen LogP contribution in [-0.4, -0.2) is 60.7 Å². The number of ether oxygens (including phenoxy) is 1. The first-order valence-corrected chi connectivity index (χ1v) is 7.87. The fourth-order valence-corrected chi connectivity index (χ4v) is 3.02. The zero-order valence-electron chi connectivity index (χ0n) is 11.7. The molecule has 0 aliphatic carbocycles. The van der Waals surface area contributed by atoms with E-state index in [0.29, 0.717) is 0 Å². The van der Waals surface area contributed by atoms with Crippen LogP contribution in [-0.2, 0) is 9.53 Å². The molecule has 9 heteroatoms. The molecule has 1 amide bonds. The summed E-state index contributed by atoms with van der Waals surface area (Å²) in [5.74, 6) is -3.09. The van der Waals surface area contributed by atoms with Crippen molar-refractivity contribution in [2.45, 2.75) is 37.1 Å². The van der Waals surface area contributed by atoms with Crippen molar-refractivity contribution < 1.29 is 29.2 Å². The van der Waals surface area contributed by atoms with Gasteiger partial charge in [-0.2, -0.15) is 0 Å². The number of carbonyl (C=O) groups excluding carboxylic acids is 1. The van der Waals surface area contributed by atoms with Crippen molar-refractivity contribution in [3.05, 3.63) is 30.2 Å². The Morgan fingerprint density at radius 3 is 2.82 bits per heavy atom. The van der Waals surface area contributed by atoms with E-state index >= 15 is 0 Å². The molecule has 0 saturated carbocycles. The number of alkyl halides is 2. The van der Waals surface area contributed by atoms with Gasteiger partial charge in [-0.25, -0.2) is 4.39 Å². The summed E-state index contributed by atoms with van der Waals surface area (Å²) >= 11 is 1.68. The first-order chi connectivity index (χ1) is 10.2. The van der Waals surface area contributed by atoms with Crippen LogP contribution in [0.25, 0.3) is 0 Å². The molecule has 2 aliphatic rings. The summed E-state index contributed by atoms with van der Waals surface area (Å²) in [6.45, 7) is 4.79. The van der Waals surface area contributed by atoms with Crippen molar-refractivity contribution in [1.82, 2.24) is 10.2 Å². The molecule has 1 fully saturated rings. The normalized spacial score (nSPS) is 41.3. The van der Waals surface area contributed by atoms with Crippen molar-refractivity contribution in [2.75, 3.05) is 4.43 Å². The zero-order chi connectivity index (χ0) is 16.7. The van der Waals surface area contributed by atoms with Gasteiger partial charge in [0.15, 0.2) is 17.9 Å². The van der Waals surface area contributed by atoms with E-state index in [0.717, 1.165) is 17.2 Å². The van der Waals surface area contributed by atoms with Gasteiger partial charge >= 0.3 is 0 Å². The van der Waals surface area contributed by atoms with Crippen LogP contribution in [0.15, 0.2) is 30.2 Å². The third-order valence-electron chi connectivity index (χ3n) is 3.78. The van der Waals surface area contributed by atoms with Gasteiger partial charge in [-0.15, -0.1) is 5.73 Å². The van der Waals surface area contributed by atoms with Crippen LogP contribution in [0, 0.1) is 0 Å². The lowest BCUT2D eigenvalue weighted by Gasteiger charge is -2.40.